The molecule has 3 aliphatic rings. The number of methoxy groups -OCH3 is 1. The summed E-state index contributed by atoms with van der Waals surface area (Å²) in [6.45, 7) is 4.37. The molecule has 2 aromatic carbocycles. The number of nitriles is 1. The summed E-state index contributed by atoms with van der Waals surface area (Å²) in [5.74, 6) is -0.521. The molecule has 6 heterocycles. The number of thiophene rings is 1. The quantitative estimate of drug-likeness (QED) is 0.188. The topological polar surface area (TPSA) is 139 Å². The number of alkyl halides is 1. The van der Waals surface area contributed by atoms with E-state index in [-0.39, 0.29) is 72.1 Å². The van der Waals surface area contributed by atoms with Gasteiger partial charge in [0.1, 0.15) is 46.8 Å². The van der Waals surface area contributed by atoms with Crippen LogP contribution in [0.5, 0.6) is 11.8 Å². The minimum atomic E-state index is -0.809. The molecule has 0 spiro atoms. The molecule has 8 rings (SSSR count). The maximum atomic E-state index is 16.7. The van der Waals surface area contributed by atoms with E-state index < -0.39 is 17.8 Å². The number of ether oxygens (including phenoxy) is 2. The molecular formula is C35H34ClF3N8O2S. The Kier molecular flexibility index (Phi) is 9.23. The molecule has 4 N–H and O–H groups in total. The normalized spacial score (nSPS) is 19.0. The van der Waals surface area contributed by atoms with E-state index in [2.05, 4.69) is 19.9 Å². The Morgan fingerprint density at radius 3 is 2.74 bits per heavy atom. The molecule has 5 aromatic rings. The van der Waals surface area contributed by atoms with Crippen LogP contribution < -0.4 is 25.8 Å². The average Bonchev–Trinajstić information content (AvgIpc) is 3.76. The van der Waals surface area contributed by atoms with Crippen LogP contribution in [0.15, 0.2) is 30.5 Å². The molecule has 0 saturated carbocycles. The van der Waals surface area contributed by atoms with Crippen molar-refractivity contribution in [2.24, 2.45) is 0 Å². The number of pyridine rings is 1. The van der Waals surface area contributed by atoms with Gasteiger partial charge in [0.25, 0.3) is 0 Å². The fourth-order valence-corrected chi connectivity index (χ4v) is 8.70. The van der Waals surface area contributed by atoms with Crippen LogP contribution in [-0.4, -0.2) is 65.4 Å². The van der Waals surface area contributed by atoms with Crippen molar-refractivity contribution in [1.82, 2.24) is 19.9 Å². The van der Waals surface area contributed by atoms with Gasteiger partial charge in [-0.1, -0.05) is 30.7 Å². The van der Waals surface area contributed by atoms with Crippen LogP contribution in [0.2, 0.25) is 5.02 Å². The molecule has 0 amide bonds. The van der Waals surface area contributed by atoms with Gasteiger partial charge in [-0.25, -0.2) is 18.2 Å². The third-order valence-electron chi connectivity index (χ3n) is 9.63. The van der Waals surface area contributed by atoms with Gasteiger partial charge in [0, 0.05) is 35.3 Å². The van der Waals surface area contributed by atoms with Gasteiger partial charge in [0.2, 0.25) is 0 Å². The summed E-state index contributed by atoms with van der Waals surface area (Å²) in [6, 6.07) is 8.49. The average molecular weight is 723 g/mol. The maximum Gasteiger partial charge on any atom is 0.318 e. The number of anilines is 3. The number of benzene rings is 2. The summed E-state index contributed by atoms with van der Waals surface area (Å²) in [4.78, 5) is 17.4. The fourth-order valence-electron chi connectivity index (χ4n) is 7.42. The number of aromatic nitrogens is 3. The zero-order valence-corrected chi connectivity index (χ0v) is 28.9. The van der Waals surface area contributed by atoms with Crippen molar-refractivity contribution in [2.75, 3.05) is 49.7 Å². The number of nitrogens with two attached hydrogens (primary N) is 2. The van der Waals surface area contributed by atoms with Gasteiger partial charge < -0.3 is 25.8 Å². The highest BCUT2D eigenvalue weighted by Gasteiger charge is 2.36. The molecule has 15 heteroatoms. The highest BCUT2D eigenvalue weighted by atomic mass is 35.5. The highest BCUT2D eigenvalue weighted by Crippen LogP contribution is 2.51. The molecule has 2 fully saturated rings. The molecule has 0 aliphatic carbocycles. The Morgan fingerprint density at radius 2 is 2.02 bits per heavy atom. The van der Waals surface area contributed by atoms with Crippen molar-refractivity contribution in [3.63, 3.8) is 0 Å². The predicted octanol–water partition coefficient (Wildman–Crippen LogP) is 7.43. The van der Waals surface area contributed by atoms with E-state index in [1.54, 1.807) is 12.3 Å². The fraction of sp³-hybridized carbons (Fsp3) is 0.371. The number of hydrogen-bond acceptors (Lipinski definition) is 11. The minimum absolute atomic E-state index is 0.0360. The molecule has 3 atom stereocenters. The lowest BCUT2D eigenvalue weighted by Gasteiger charge is -2.32. The lowest BCUT2D eigenvalue weighted by atomic mass is 9.96. The lowest BCUT2D eigenvalue weighted by Crippen LogP contribution is -2.32. The second-order valence-electron chi connectivity index (χ2n) is 12.4. The Balaban J connectivity index is 0.000000375. The molecule has 260 valence electrons. The van der Waals surface area contributed by atoms with Crippen molar-refractivity contribution in [1.29, 1.82) is 5.26 Å². The summed E-state index contributed by atoms with van der Waals surface area (Å²) in [5.41, 5.74) is 13.1. The number of rotatable bonds is 5. The van der Waals surface area contributed by atoms with E-state index in [0.29, 0.717) is 37.2 Å². The first kappa shape index (κ1) is 33.9. The van der Waals surface area contributed by atoms with Gasteiger partial charge in [-0.05, 0) is 49.9 Å². The zero-order valence-electron chi connectivity index (χ0n) is 27.4. The van der Waals surface area contributed by atoms with Crippen molar-refractivity contribution in [3.05, 3.63) is 58.2 Å². The summed E-state index contributed by atoms with van der Waals surface area (Å²) in [5, 5.41) is 10.3. The van der Waals surface area contributed by atoms with Crippen LogP contribution in [0.25, 0.3) is 32.1 Å². The predicted molar refractivity (Wildman–Crippen MR) is 190 cm³/mol. The Hall–Kier alpha value is -4.58. The van der Waals surface area contributed by atoms with Gasteiger partial charge in [0.05, 0.1) is 40.4 Å². The van der Waals surface area contributed by atoms with Gasteiger partial charge in [-0.3, -0.25) is 4.90 Å². The molecule has 50 heavy (non-hydrogen) atoms. The summed E-state index contributed by atoms with van der Waals surface area (Å²) in [6.07, 6.45) is 5.05. The summed E-state index contributed by atoms with van der Waals surface area (Å²) >= 11 is 7.83. The van der Waals surface area contributed by atoms with Crippen LogP contribution >= 0.6 is 22.9 Å². The number of nitrogen functional groups attached to an aromatic ring is 2. The first-order valence-corrected chi connectivity index (χ1v) is 17.5. The van der Waals surface area contributed by atoms with Crippen LogP contribution in [-0.2, 0) is 0 Å². The standard InChI is InChI=1S/C28H22ClF2N7O2S.C7H12FN/c1-3-16(12-5-4-8-35-25(12)33)38-9-10-40-23-19-22(36-28(39-2)37-27(19)38)21(31)18(20(23)29)13-6-7-15(30)24-17(13)14(11-32)26(34)41-24;8-6-4-7-2-1-3-9(7)5-6/h4-8,16H,3,9-10,34H2,1-2H3,(H2,33,35);6-7H,1-5H2. The molecule has 2 saturated heterocycles. The highest BCUT2D eigenvalue weighted by molar-refractivity contribution is 7.23. The molecule has 0 radical (unpaired) electrons. The first-order valence-electron chi connectivity index (χ1n) is 16.3. The minimum Gasteiger partial charge on any atom is -0.489 e. The van der Waals surface area contributed by atoms with E-state index in [9.17, 15) is 14.0 Å². The van der Waals surface area contributed by atoms with Gasteiger partial charge in [-0.2, -0.15) is 15.2 Å². The van der Waals surface area contributed by atoms with Crippen LogP contribution in [0.4, 0.5) is 29.8 Å². The van der Waals surface area contributed by atoms with Crippen LogP contribution in [0.1, 0.15) is 49.8 Å². The largest absolute Gasteiger partial charge is 0.489 e. The van der Waals surface area contributed by atoms with Gasteiger partial charge in [-0.15, -0.1) is 11.3 Å². The number of nitrogens with zero attached hydrogens (tertiary/aromatic N) is 6. The lowest BCUT2D eigenvalue weighted by molar-refractivity contribution is 0.292. The van der Waals surface area contributed by atoms with E-state index in [1.807, 2.05) is 24.0 Å². The Morgan fingerprint density at radius 1 is 1.20 bits per heavy atom. The number of fused-ring (bicyclic) bond motifs is 2. The maximum absolute atomic E-state index is 16.7. The Bertz CT molecular complexity index is 2150. The first-order chi connectivity index (χ1) is 24.2. The Labute approximate surface area is 295 Å². The molecular weight excluding hydrogens is 689 g/mol. The van der Waals surface area contributed by atoms with Crippen LogP contribution in [0.3, 0.4) is 0 Å². The van der Waals surface area contributed by atoms with E-state index in [4.69, 9.17) is 32.5 Å². The third-order valence-corrected chi connectivity index (χ3v) is 11.0. The van der Waals surface area contributed by atoms with E-state index >= 15 is 4.39 Å². The van der Waals surface area contributed by atoms with E-state index in [1.165, 1.54) is 32.1 Å². The zero-order chi connectivity index (χ0) is 35.3. The summed E-state index contributed by atoms with van der Waals surface area (Å²) < 4.78 is 55.8. The van der Waals surface area contributed by atoms with Crippen LogP contribution in [0, 0.1) is 23.0 Å². The molecule has 0 bridgehead atoms. The van der Waals surface area contributed by atoms with Crippen molar-refractivity contribution in [3.8, 4) is 29.0 Å². The van der Waals surface area contributed by atoms with Crippen molar-refractivity contribution < 1.29 is 22.6 Å². The van der Waals surface area contributed by atoms with Crippen molar-refractivity contribution in [2.45, 2.75) is 50.9 Å². The summed E-state index contributed by atoms with van der Waals surface area (Å²) in [7, 11) is 1.38. The second-order valence-corrected chi connectivity index (χ2v) is 13.8. The van der Waals surface area contributed by atoms with Gasteiger partial charge in [0.15, 0.2) is 11.6 Å². The number of hydrogen-bond donors (Lipinski definition) is 2. The van der Waals surface area contributed by atoms with Crippen molar-refractivity contribution >= 4 is 60.6 Å². The smallest absolute Gasteiger partial charge is 0.318 e. The molecule has 10 nitrogen and oxygen atoms in total. The third kappa shape index (κ3) is 5.67. The monoisotopic (exact) mass is 722 g/mol. The second kappa shape index (κ2) is 13.6. The molecule has 3 unspecified atom stereocenters. The molecule has 3 aromatic heterocycles. The van der Waals surface area contributed by atoms with Gasteiger partial charge >= 0.3 is 6.01 Å². The van der Waals surface area contributed by atoms with E-state index in [0.717, 1.165) is 29.9 Å². The molecule has 3 aliphatic heterocycles. The SMILES string of the molecule is CCC(c1cccnc1N)N1CCOc2c(Cl)c(-c3ccc(F)c4sc(N)c(C#N)c34)c(F)c3nc(OC)nc1c23.FC1CC2CCCN2C1. The number of halogens is 4.